The lowest BCUT2D eigenvalue weighted by atomic mass is 10.2. The summed E-state index contributed by atoms with van der Waals surface area (Å²) in [6.07, 6.45) is 2.33. The van der Waals surface area contributed by atoms with Gasteiger partial charge in [-0.15, -0.1) is 0 Å². The number of rotatable bonds is 10. The number of carbonyl (C=O) groups excluding carboxylic acids is 1. The molecule has 0 fully saturated rings. The second-order valence-corrected chi connectivity index (χ2v) is 8.33. The fourth-order valence-electron chi connectivity index (χ4n) is 2.09. The molecular weight excluding hydrogens is 348 g/mol. The van der Waals surface area contributed by atoms with Crippen molar-refractivity contribution < 1.29 is 17.9 Å². The van der Waals surface area contributed by atoms with Crippen molar-refractivity contribution >= 4 is 27.7 Å². The number of carbonyl (C=O) groups is 1. The third-order valence-electron chi connectivity index (χ3n) is 3.36. The molecule has 2 atom stereocenters. The zero-order valence-corrected chi connectivity index (χ0v) is 16.2. The average Bonchev–Trinajstić information content (AvgIpc) is 2.51. The van der Waals surface area contributed by atoms with Crippen LogP contribution < -0.4 is 10.0 Å². The van der Waals surface area contributed by atoms with Crippen LogP contribution in [0.15, 0.2) is 29.2 Å². The Morgan fingerprint density at radius 3 is 2.46 bits per heavy atom. The largest absolute Gasteiger partial charge is 0.383 e. The van der Waals surface area contributed by atoms with Gasteiger partial charge in [-0.25, -0.2) is 8.42 Å². The standard InChI is InChI=1S/C16H26N2O4S2/c1-12-5-7-14(8-6-12)24(20,21)18-15(9-10-23-4)16(19)17-13(2)11-22-3/h5-8,13,15,18H,9-11H2,1-4H3,(H,17,19). The van der Waals surface area contributed by atoms with Gasteiger partial charge >= 0.3 is 0 Å². The molecule has 0 aliphatic carbocycles. The number of thioether (sulfide) groups is 1. The molecule has 0 bridgehead atoms. The van der Waals surface area contributed by atoms with E-state index in [0.717, 1.165) is 5.56 Å². The summed E-state index contributed by atoms with van der Waals surface area (Å²) in [6, 6.07) is 5.52. The monoisotopic (exact) mass is 374 g/mol. The minimum absolute atomic E-state index is 0.153. The summed E-state index contributed by atoms with van der Waals surface area (Å²) in [5.74, 6) is 0.331. The smallest absolute Gasteiger partial charge is 0.241 e. The van der Waals surface area contributed by atoms with Crippen molar-refractivity contribution in [1.29, 1.82) is 0 Å². The number of amides is 1. The number of aryl methyl sites for hydroxylation is 1. The minimum atomic E-state index is -3.75. The highest BCUT2D eigenvalue weighted by Gasteiger charge is 2.26. The Morgan fingerprint density at radius 1 is 1.29 bits per heavy atom. The average molecular weight is 375 g/mol. The van der Waals surface area contributed by atoms with Gasteiger partial charge in [0, 0.05) is 13.2 Å². The maximum absolute atomic E-state index is 12.5. The van der Waals surface area contributed by atoms with E-state index in [-0.39, 0.29) is 16.8 Å². The number of benzene rings is 1. The predicted octanol–water partition coefficient (Wildman–Crippen LogP) is 1.55. The van der Waals surface area contributed by atoms with E-state index in [4.69, 9.17) is 4.74 Å². The van der Waals surface area contributed by atoms with Crippen molar-refractivity contribution in [3.63, 3.8) is 0 Å². The minimum Gasteiger partial charge on any atom is -0.383 e. The highest BCUT2D eigenvalue weighted by molar-refractivity contribution is 7.98. The normalized spacial score (nSPS) is 14.2. The second-order valence-electron chi connectivity index (χ2n) is 5.63. The molecular formula is C16H26N2O4S2. The van der Waals surface area contributed by atoms with Crippen LogP contribution in [0.3, 0.4) is 0 Å². The van der Waals surface area contributed by atoms with Gasteiger partial charge in [-0.05, 0) is 44.4 Å². The predicted molar refractivity (Wildman–Crippen MR) is 97.8 cm³/mol. The van der Waals surface area contributed by atoms with Crippen molar-refractivity contribution in [2.75, 3.05) is 25.7 Å². The van der Waals surface area contributed by atoms with Crippen LogP contribution in [0, 0.1) is 6.92 Å². The van der Waals surface area contributed by atoms with Crippen molar-refractivity contribution in [1.82, 2.24) is 10.0 Å². The van der Waals surface area contributed by atoms with Crippen LogP contribution >= 0.6 is 11.8 Å². The molecule has 0 radical (unpaired) electrons. The maximum atomic E-state index is 12.5. The molecule has 0 saturated carbocycles. The van der Waals surface area contributed by atoms with Crippen LogP contribution in [0.2, 0.25) is 0 Å². The summed E-state index contributed by atoms with van der Waals surface area (Å²) in [7, 11) is -2.20. The van der Waals surface area contributed by atoms with E-state index in [2.05, 4.69) is 10.0 Å². The molecule has 0 spiro atoms. The van der Waals surface area contributed by atoms with Gasteiger partial charge in [0.1, 0.15) is 6.04 Å². The quantitative estimate of drug-likeness (QED) is 0.649. The Labute approximate surface area is 148 Å². The lowest BCUT2D eigenvalue weighted by Crippen LogP contribution is -2.50. The molecule has 0 aliphatic rings. The van der Waals surface area contributed by atoms with Gasteiger partial charge in [-0.1, -0.05) is 17.7 Å². The first-order valence-corrected chi connectivity index (χ1v) is 10.5. The van der Waals surface area contributed by atoms with Gasteiger partial charge in [-0.3, -0.25) is 4.79 Å². The SMILES string of the molecule is COCC(C)NC(=O)C(CCSC)NS(=O)(=O)c1ccc(C)cc1. The van der Waals surface area contributed by atoms with Gasteiger partial charge in [0.05, 0.1) is 11.5 Å². The number of hydrogen-bond donors (Lipinski definition) is 2. The van der Waals surface area contributed by atoms with Crippen LogP contribution in [0.4, 0.5) is 0 Å². The zero-order valence-electron chi connectivity index (χ0n) is 14.5. The molecule has 0 aromatic heterocycles. The van der Waals surface area contributed by atoms with Gasteiger partial charge < -0.3 is 10.1 Å². The molecule has 0 saturated heterocycles. The Morgan fingerprint density at radius 2 is 1.92 bits per heavy atom. The van der Waals surface area contributed by atoms with Crippen molar-refractivity contribution in [2.45, 2.75) is 37.2 Å². The van der Waals surface area contributed by atoms with Crippen LogP contribution in [0.5, 0.6) is 0 Å². The summed E-state index contributed by atoms with van der Waals surface area (Å²) in [6.45, 7) is 4.06. The molecule has 0 heterocycles. The number of ether oxygens (including phenoxy) is 1. The van der Waals surface area contributed by atoms with Gasteiger partial charge in [0.2, 0.25) is 15.9 Å². The molecule has 0 aliphatic heterocycles. The third kappa shape index (κ3) is 6.80. The van der Waals surface area contributed by atoms with Crippen molar-refractivity contribution in [2.24, 2.45) is 0 Å². The van der Waals surface area contributed by atoms with E-state index in [1.807, 2.05) is 20.1 Å². The summed E-state index contributed by atoms with van der Waals surface area (Å²) in [5.41, 5.74) is 0.971. The van der Waals surface area contributed by atoms with E-state index in [0.29, 0.717) is 18.8 Å². The second kappa shape index (κ2) is 10.0. The number of sulfonamides is 1. The first-order valence-electron chi connectivity index (χ1n) is 7.67. The molecule has 24 heavy (non-hydrogen) atoms. The van der Waals surface area contributed by atoms with Crippen LogP contribution in [-0.2, 0) is 19.6 Å². The molecule has 6 nitrogen and oxygen atoms in total. The fraction of sp³-hybridized carbons (Fsp3) is 0.562. The van der Waals surface area contributed by atoms with Gasteiger partial charge in [-0.2, -0.15) is 16.5 Å². The molecule has 2 unspecified atom stereocenters. The third-order valence-corrected chi connectivity index (χ3v) is 5.49. The molecule has 1 rings (SSSR count). The van der Waals surface area contributed by atoms with Crippen molar-refractivity contribution in [3.05, 3.63) is 29.8 Å². The van der Waals surface area contributed by atoms with Crippen LogP contribution in [0.25, 0.3) is 0 Å². The molecule has 1 aromatic carbocycles. The summed E-state index contributed by atoms with van der Waals surface area (Å²) in [4.78, 5) is 12.5. The Hall–Kier alpha value is -1.09. The van der Waals surface area contributed by atoms with E-state index in [9.17, 15) is 13.2 Å². The molecule has 1 aromatic rings. The highest BCUT2D eigenvalue weighted by Crippen LogP contribution is 2.12. The molecule has 136 valence electrons. The van der Waals surface area contributed by atoms with Crippen LogP contribution in [0.1, 0.15) is 18.9 Å². The summed E-state index contributed by atoms with van der Waals surface area (Å²) < 4.78 is 32.5. The lowest BCUT2D eigenvalue weighted by Gasteiger charge is -2.21. The van der Waals surface area contributed by atoms with Gasteiger partial charge in [0.25, 0.3) is 0 Å². The molecule has 2 N–H and O–H groups in total. The molecule has 1 amide bonds. The highest BCUT2D eigenvalue weighted by atomic mass is 32.2. The zero-order chi connectivity index (χ0) is 18.2. The fourth-order valence-corrected chi connectivity index (χ4v) is 3.79. The summed E-state index contributed by atoms with van der Waals surface area (Å²) in [5, 5.41) is 2.77. The lowest BCUT2D eigenvalue weighted by molar-refractivity contribution is -0.123. The number of hydrogen-bond acceptors (Lipinski definition) is 5. The van der Waals surface area contributed by atoms with E-state index < -0.39 is 16.1 Å². The summed E-state index contributed by atoms with van der Waals surface area (Å²) >= 11 is 1.56. The van der Waals surface area contributed by atoms with E-state index in [1.54, 1.807) is 31.0 Å². The first kappa shape index (κ1) is 21.0. The topological polar surface area (TPSA) is 84.5 Å². The van der Waals surface area contributed by atoms with Crippen LogP contribution in [-0.4, -0.2) is 52.1 Å². The Balaban J connectivity index is 2.87. The maximum Gasteiger partial charge on any atom is 0.241 e. The Kier molecular flexibility index (Phi) is 8.75. The van der Waals surface area contributed by atoms with Gasteiger partial charge in [0.15, 0.2) is 0 Å². The van der Waals surface area contributed by atoms with E-state index in [1.165, 1.54) is 12.1 Å². The number of methoxy groups -OCH3 is 1. The van der Waals surface area contributed by atoms with Crippen molar-refractivity contribution in [3.8, 4) is 0 Å². The number of nitrogens with one attached hydrogen (secondary N) is 2. The first-order chi connectivity index (χ1) is 11.3. The van der Waals surface area contributed by atoms with E-state index >= 15 is 0 Å². The molecule has 8 heteroatoms. The Bertz CT molecular complexity index is 617.